The van der Waals surface area contributed by atoms with E-state index in [0.717, 1.165) is 5.56 Å². The number of amides is 1. The summed E-state index contributed by atoms with van der Waals surface area (Å²) in [5.74, 6) is -0.386. The number of nitrogens with one attached hydrogen (secondary N) is 1. The average molecular weight is 389 g/mol. The van der Waals surface area contributed by atoms with Gasteiger partial charge in [0.1, 0.15) is 0 Å². The third-order valence-corrected chi connectivity index (χ3v) is 4.00. The Labute approximate surface area is 159 Å². The van der Waals surface area contributed by atoms with E-state index in [-0.39, 0.29) is 23.2 Å². The summed E-state index contributed by atoms with van der Waals surface area (Å²) in [5.41, 5.74) is 10.3. The number of carbonyl (C=O) groups is 1. The molecule has 0 atom stereocenters. The Morgan fingerprint density at radius 1 is 1.30 bits per heavy atom. The number of halogens is 1. The molecule has 0 radical (unpaired) electrons. The van der Waals surface area contributed by atoms with E-state index < -0.39 is 5.91 Å². The number of rotatable bonds is 5. The van der Waals surface area contributed by atoms with Gasteiger partial charge in [0.05, 0.1) is 11.4 Å². The molecule has 10 nitrogen and oxygen atoms in total. The van der Waals surface area contributed by atoms with Crippen LogP contribution in [0.4, 0.5) is 5.82 Å². The molecule has 0 saturated carbocycles. The van der Waals surface area contributed by atoms with Gasteiger partial charge in [-0.1, -0.05) is 42.8 Å². The number of benzene rings is 1. The molecule has 3 rings (SSSR count). The van der Waals surface area contributed by atoms with Gasteiger partial charge in [-0.3, -0.25) is 4.79 Å². The molecule has 0 fully saturated rings. The third kappa shape index (κ3) is 3.80. The number of aromatic nitrogens is 5. The van der Waals surface area contributed by atoms with Gasteiger partial charge in [0.15, 0.2) is 5.69 Å². The molecular weight excluding hydrogens is 372 g/mol. The van der Waals surface area contributed by atoms with Gasteiger partial charge in [-0.05, 0) is 40.9 Å². The second kappa shape index (κ2) is 7.54. The molecule has 1 aromatic carbocycles. The Hall–Kier alpha value is -3.27. The van der Waals surface area contributed by atoms with Crippen LogP contribution in [-0.4, -0.2) is 36.9 Å². The summed E-state index contributed by atoms with van der Waals surface area (Å²) in [6, 6.07) is 7.11. The predicted molar refractivity (Wildman–Crippen MR) is 98.8 cm³/mol. The summed E-state index contributed by atoms with van der Waals surface area (Å²) in [6.45, 7) is 5.54. The topological polar surface area (TPSA) is 137 Å². The van der Waals surface area contributed by atoms with Crippen molar-refractivity contribution in [3.8, 4) is 5.82 Å². The van der Waals surface area contributed by atoms with E-state index in [1.54, 1.807) is 19.1 Å². The van der Waals surface area contributed by atoms with Crippen LogP contribution in [-0.2, 0) is 0 Å². The maximum atomic E-state index is 12.6. The van der Waals surface area contributed by atoms with E-state index in [1.807, 2.05) is 26.0 Å². The lowest BCUT2D eigenvalue weighted by molar-refractivity contribution is 0.0948. The SMILES string of the molecule is C/C(=N/NC(=O)c1nnn(-c2nonc2N)c1C(C)C)c1ccc(Cl)cc1. The van der Waals surface area contributed by atoms with Gasteiger partial charge in [0.25, 0.3) is 5.91 Å². The number of hydrogen-bond donors (Lipinski definition) is 2. The fourth-order valence-corrected chi connectivity index (χ4v) is 2.53. The van der Waals surface area contributed by atoms with Crippen LogP contribution in [0, 0.1) is 0 Å². The molecule has 2 heterocycles. The molecule has 27 heavy (non-hydrogen) atoms. The monoisotopic (exact) mass is 388 g/mol. The van der Waals surface area contributed by atoms with Gasteiger partial charge in [-0.25, -0.2) is 10.1 Å². The molecule has 0 bridgehead atoms. The van der Waals surface area contributed by atoms with Crippen molar-refractivity contribution in [3.63, 3.8) is 0 Å². The van der Waals surface area contributed by atoms with Gasteiger partial charge in [-0.2, -0.15) is 9.78 Å². The van der Waals surface area contributed by atoms with Crippen molar-refractivity contribution in [1.82, 2.24) is 30.7 Å². The standard InChI is InChI=1S/C16H17ClN8O2/c1-8(2)13-12(20-24-25(13)15-14(18)22-27-23-15)16(26)21-19-9(3)10-4-6-11(17)7-5-10/h4-8H,1-3H3,(H2,18,22)(H,21,26)/b19-9-. The molecule has 0 spiro atoms. The first kappa shape index (κ1) is 18.5. The molecular formula is C16H17ClN8O2. The molecule has 0 aliphatic rings. The Bertz CT molecular complexity index is 990. The minimum atomic E-state index is -0.506. The van der Waals surface area contributed by atoms with Crippen LogP contribution < -0.4 is 11.2 Å². The first-order valence-electron chi connectivity index (χ1n) is 8.03. The number of nitrogens with two attached hydrogens (primary N) is 1. The van der Waals surface area contributed by atoms with Gasteiger partial charge >= 0.3 is 0 Å². The Morgan fingerprint density at radius 3 is 2.59 bits per heavy atom. The van der Waals surface area contributed by atoms with Gasteiger partial charge in [-0.15, -0.1) is 5.10 Å². The lowest BCUT2D eigenvalue weighted by Crippen LogP contribution is -2.22. The van der Waals surface area contributed by atoms with Crippen molar-refractivity contribution >= 4 is 29.0 Å². The fourth-order valence-electron chi connectivity index (χ4n) is 2.41. The smallest absolute Gasteiger partial charge is 0.293 e. The van der Waals surface area contributed by atoms with E-state index in [9.17, 15) is 4.79 Å². The second-order valence-electron chi connectivity index (χ2n) is 6.01. The minimum Gasteiger partial charge on any atom is -0.378 e. The molecule has 2 aromatic heterocycles. The molecule has 11 heteroatoms. The summed E-state index contributed by atoms with van der Waals surface area (Å²) in [5, 5.41) is 19.9. The molecule has 0 unspecified atom stereocenters. The Kier molecular flexibility index (Phi) is 5.17. The van der Waals surface area contributed by atoms with Crippen LogP contribution in [0.1, 0.15) is 48.4 Å². The molecule has 3 N–H and O–H groups in total. The van der Waals surface area contributed by atoms with E-state index in [4.69, 9.17) is 17.3 Å². The van der Waals surface area contributed by atoms with Crippen molar-refractivity contribution < 1.29 is 9.42 Å². The first-order valence-corrected chi connectivity index (χ1v) is 8.40. The van der Waals surface area contributed by atoms with E-state index >= 15 is 0 Å². The third-order valence-electron chi connectivity index (χ3n) is 3.75. The van der Waals surface area contributed by atoms with Crippen molar-refractivity contribution in [1.29, 1.82) is 0 Å². The van der Waals surface area contributed by atoms with Crippen LogP contribution in [0.3, 0.4) is 0 Å². The molecule has 140 valence electrons. The normalized spacial score (nSPS) is 11.8. The van der Waals surface area contributed by atoms with Crippen molar-refractivity contribution in [2.45, 2.75) is 26.7 Å². The number of anilines is 1. The van der Waals surface area contributed by atoms with Crippen molar-refractivity contribution in [2.24, 2.45) is 5.10 Å². The van der Waals surface area contributed by atoms with Crippen molar-refractivity contribution in [3.05, 3.63) is 46.2 Å². The number of nitrogen functional groups attached to an aromatic ring is 1. The van der Waals surface area contributed by atoms with Crippen LogP contribution >= 0.6 is 11.6 Å². The minimum absolute atomic E-state index is 0.0466. The van der Waals surface area contributed by atoms with Crippen LogP contribution in [0.2, 0.25) is 5.02 Å². The second-order valence-corrected chi connectivity index (χ2v) is 6.44. The Morgan fingerprint density at radius 2 is 2.00 bits per heavy atom. The summed E-state index contributed by atoms with van der Waals surface area (Å²) in [7, 11) is 0. The molecule has 0 saturated heterocycles. The van der Waals surface area contributed by atoms with Crippen LogP contribution in [0.5, 0.6) is 0 Å². The first-order chi connectivity index (χ1) is 12.9. The van der Waals surface area contributed by atoms with E-state index in [2.05, 4.69) is 35.8 Å². The Balaban J connectivity index is 1.87. The molecule has 3 aromatic rings. The summed E-state index contributed by atoms with van der Waals surface area (Å²) < 4.78 is 5.93. The maximum Gasteiger partial charge on any atom is 0.293 e. The molecule has 0 aliphatic heterocycles. The highest BCUT2D eigenvalue weighted by Gasteiger charge is 2.25. The summed E-state index contributed by atoms with van der Waals surface area (Å²) in [4.78, 5) is 12.6. The van der Waals surface area contributed by atoms with E-state index in [0.29, 0.717) is 16.4 Å². The number of carbonyl (C=O) groups excluding carboxylic acids is 1. The average Bonchev–Trinajstić information content (AvgIpc) is 3.25. The predicted octanol–water partition coefficient (Wildman–Crippen LogP) is 2.16. The molecule has 0 aliphatic carbocycles. The van der Waals surface area contributed by atoms with Gasteiger partial charge in [0, 0.05) is 5.02 Å². The van der Waals surface area contributed by atoms with Gasteiger partial charge < -0.3 is 5.73 Å². The zero-order chi connectivity index (χ0) is 19.6. The maximum absolute atomic E-state index is 12.6. The number of hydrogen-bond acceptors (Lipinski definition) is 8. The zero-order valence-electron chi connectivity index (χ0n) is 14.8. The molecule has 1 amide bonds. The summed E-state index contributed by atoms with van der Waals surface area (Å²) >= 11 is 5.87. The van der Waals surface area contributed by atoms with Crippen molar-refractivity contribution in [2.75, 3.05) is 5.73 Å². The van der Waals surface area contributed by atoms with Crippen LogP contribution in [0.25, 0.3) is 5.82 Å². The zero-order valence-corrected chi connectivity index (χ0v) is 15.6. The fraction of sp³-hybridized carbons (Fsp3) is 0.250. The number of hydrazone groups is 1. The largest absolute Gasteiger partial charge is 0.378 e. The lowest BCUT2D eigenvalue weighted by atomic mass is 10.1. The summed E-state index contributed by atoms with van der Waals surface area (Å²) in [6.07, 6.45) is 0. The van der Waals surface area contributed by atoms with Crippen LogP contribution in [0.15, 0.2) is 34.0 Å². The highest BCUT2D eigenvalue weighted by Crippen LogP contribution is 2.22. The highest BCUT2D eigenvalue weighted by molar-refractivity contribution is 6.30. The lowest BCUT2D eigenvalue weighted by Gasteiger charge is -2.08. The quantitative estimate of drug-likeness (QED) is 0.504. The highest BCUT2D eigenvalue weighted by atomic mass is 35.5. The van der Waals surface area contributed by atoms with Gasteiger partial charge in [0.2, 0.25) is 11.6 Å². The van der Waals surface area contributed by atoms with E-state index in [1.165, 1.54) is 4.68 Å². The number of nitrogens with zero attached hydrogens (tertiary/aromatic N) is 6.